The molecule has 2 amide bonds. The highest BCUT2D eigenvalue weighted by atomic mass is 35.5. The second-order valence-corrected chi connectivity index (χ2v) is 6.39. The van der Waals surface area contributed by atoms with E-state index in [1.54, 1.807) is 42.5 Å². The van der Waals surface area contributed by atoms with Crippen LogP contribution < -0.4 is 15.4 Å². The summed E-state index contributed by atoms with van der Waals surface area (Å²) in [6.07, 6.45) is 0. The van der Waals surface area contributed by atoms with E-state index in [0.717, 1.165) is 5.56 Å². The lowest BCUT2D eigenvalue weighted by Crippen LogP contribution is -2.30. The molecule has 0 radical (unpaired) electrons. The smallest absolute Gasteiger partial charge is 0.262 e. The van der Waals surface area contributed by atoms with Crippen molar-refractivity contribution in [3.63, 3.8) is 0 Å². The fraction of sp³-hybridized carbons (Fsp3) is 0.263. The maximum Gasteiger partial charge on any atom is 0.262 e. The van der Waals surface area contributed by atoms with Crippen molar-refractivity contribution >= 4 is 29.1 Å². The normalized spacial score (nSPS) is 10.4. The van der Waals surface area contributed by atoms with E-state index in [9.17, 15) is 9.59 Å². The molecule has 0 aliphatic heterocycles. The van der Waals surface area contributed by atoms with Gasteiger partial charge in [0.1, 0.15) is 5.75 Å². The summed E-state index contributed by atoms with van der Waals surface area (Å²) < 4.78 is 5.50. The summed E-state index contributed by atoms with van der Waals surface area (Å²) >= 11 is 5.89. The molecule has 2 N–H and O–H groups in total. The average molecular weight is 361 g/mol. The summed E-state index contributed by atoms with van der Waals surface area (Å²) in [5.41, 5.74) is 2.00. The summed E-state index contributed by atoms with van der Waals surface area (Å²) in [5, 5.41) is 6.16. The van der Waals surface area contributed by atoms with Gasteiger partial charge in [-0.1, -0.05) is 11.6 Å². The molecule has 0 atom stereocenters. The number of carbonyl (C=O) groups excluding carboxylic acids is 2. The van der Waals surface area contributed by atoms with E-state index in [0.29, 0.717) is 22.0 Å². The summed E-state index contributed by atoms with van der Waals surface area (Å²) in [4.78, 5) is 23.9. The van der Waals surface area contributed by atoms with Crippen LogP contribution in [0, 0.1) is 6.92 Å². The third kappa shape index (κ3) is 5.80. The molecule has 0 aromatic heterocycles. The summed E-state index contributed by atoms with van der Waals surface area (Å²) in [6.45, 7) is 5.54. The van der Waals surface area contributed by atoms with Crippen LogP contribution in [0.5, 0.6) is 5.75 Å². The number of halogens is 1. The molecular weight excluding hydrogens is 340 g/mol. The molecule has 25 heavy (non-hydrogen) atoms. The lowest BCUT2D eigenvalue weighted by Gasteiger charge is -2.11. The minimum atomic E-state index is -0.284. The van der Waals surface area contributed by atoms with Crippen molar-refractivity contribution < 1.29 is 14.3 Å². The number of nitrogens with one attached hydrogen (secondary N) is 2. The zero-order valence-electron chi connectivity index (χ0n) is 14.4. The van der Waals surface area contributed by atoms with E-state index in [-0.39, 0.29) is 24.5 Å². The Morgan fingerprint density at radius 2 is 1.80 bits per heavy atom. The second kappa shape index (κ2) is 8.53. The van der Waals surface area contributed by atoms with E-state index in [4.69, 9.17) is 16.3 Å². The fourth-order valence-corrected chi connectivity index (χ4v) is 2.39. The van der Waals surface area contributed by atoms with Crippen LogP contribution in [0.3, 0.4) is 0 Å². The number of anilines is 1. The highest BCUT2D eigenvalue weighted by Crippen LogP contribution is 2.21. The zero-order valence-corrected chi connectivity index (χ0v) is 15.2. The zero-order chi connectivity index (χ0) is 18.4. The second-order valence-electron chi connectivity index (χ2n) is 5.95. The van der Waals surface area contributed by atoms with Gasteiger partial charge in [-0.15, -0.1) is 0 Å². The first-order valence-electron chi connectivity index (χ1n) is 7.95. The molecule has 0 fully saturated rings. The number of rotatable bonds is 6. The molecule has 5 nitrogen and oxygen atoms in total. The predicted octanol–water partition coefficient (Wildman–Crippen LogP) is 3.80. The molecule has 0 unspecified atom stereocenters. The van der Waals surface area contributed by atoms with Gasteiger partial charge in [0.05, 0.1) is 0 Å². The van der Waals surface area contributed by atoms with Crippen molar-refractivity contribution in [2.45, 2.75) is 26.8 Å². The van der Waals surface area contributed by atoms with Crippen LogP contribution in [0.25, 0.3) is 0 Å². The van der Waals surface area contributed by atoms with E-state index < -0.39 is 0 Å². The minimum absolute atomic E-state index is 0.0698. The summed E-state index contributed by atoms with van der Waals surface area (Å²) in [6, 6.07) is 12.0. The quantitative estimate of drug-likeness (QED) is 0.823. The molecule has 132 valence electrons. The predicted molar refractivity (Wildman–Crippen MR) is 99.4 cm³/mol. The molecule has 0 bridgehead atoms. The van der Waals surface area contributed by atoms with Gasteiger partial charge in [0.15, 0.2) is 6.61 Å². The molecule has 6 heteroatoms. The van der Waals surface area contributed by atoms with Gasteiger partial charge >= 0.3 is 0 Å². The minimum Gasteiger partial charge on any atom is -0.483 e. The van der Waals surface area contributed by atoms with Crippen LogP contribution in [0.1, 0.15) is 29.8 Å². The standard InChI is InChI=1S/C19H21ClN2O3/c1-12(2)21-19(24)14-4-7-16(8-5-14)22-18(23)11-25-17-9-6-15(20)10-13(17)3/h4-10,12H,11H2,1-3H3,(H,21,24)(H,22,23). The summed E-state index contributed by atoms with van der Waals surface area (Å²) in [5.74, 6) is 0.184. The van der Waals surface area contributed by atoms with Gasteiger partial charge < -0.3 is 15.4 Å². The van der Waals surface area contributed by atoms with Crippen LogP contribution >= 0.6 is 11.6 Å². The Balaban J connectivity index is 1.89. The third-order valence-electron chi connectivity index (χ3n) is 3.35. The lowest BCUT2D eigenvalue weighted by molar-refractivity contribution is -0.118. The topological polar surface area (TPSA) is 67.4 Å². The molecule has 0 saturated carbocycles. The van der Waals surface area contributed by atoms with Gasteiger partial charge in [-0.3, -0.25) is 9.59 Å². The van der Waals surface area contributed by atoms with Gasteiger partial charge in [0, 0.05) is 22.3 Å². The molecule has 2 aromatic rings. The first-order valence-corrected chi connectivity index (χ1v) is 8.32. The van der Waals surface area contributed by atoms with Crippen molar-refractivity contribution in [1.29, 1.82) is 0 Å². The van der Waals surface area contributed by atoms with E-state index in [2.05, 4.69) is 10.6 Å². The van der Waals surface area contributed by atoms with Gasteiger partial charge in [-0.05, 0) is 68.8 Å². The van der Waals surface area contributed by atoms with Crippen molar-refractivity contribution in [3.05, 3.63) is 58.6 Å². The Bertz CT molecular complexity index is 758. The van der Waals surface area contributed by atoms with Crippen molar-refractivity contribution in [1.82, 2.24) is 5.32 Å². The van der Waals surface area contributed by atoms with Gasteiger partial charge in [0.25, 0.3) is 11.8 Å². The van der Waals surface area contributed by atoms with Crippen LogP contribution in [-0.4, -0.2) is 24.5 Å². The van der Waals surface area contributed by atoms with Crippen LogP contribution in [-0.2, 0) is 4.79 Å². The number of hydrogen-bond acceptors (Lipinski definition) is 3. The molecule has 0 aliphatic carbocycles. The Labute approximate surface area is 152 Å². The van der Waals surface area contributed by atoms with E-state index in [1.165, 1.54) is 0 Å². The van der Waals surface area contributed by atoms with Crippen LogP contribution in [0.15, 0.2) is 42.5 Å². The number of carbonyl (C=O) groups is 2. The number of hydrogen-bond donors (Lipinski definition) is 2. The third-order valence-corrected chi connectivity index (χ3v) is 3.58. The fourth-order valence-electron chi connectivity index (χ4n) is 2.17. The number of amides is 2. The summed E-state index contributed by atoms with van der Waals surface area (Å²) in [7, 11) is 0. The Kier molecular flexibility index (Phi) is 6.42. The monoisotopic (exact) mass is 360 g/mol. The molecule has 2 rings (SSSR count). The Morgan fingerprint density at radius 1 is 1.12 bits per heavy atom. The molecular formula is C19H21ClN2O3. The van der Waals surface area contributed by atoms with Crippen LogP contribution in [0.4, 0.5) is 5.69 Å². The van der Waals surface area contributed by atoms with Gasteiger partial charge in [-0.2, -0.15) is 0 Å². The molecule has 0 heterocycles. The van der Waals surface area contributed by atoms with Crippen molar-refractivity contribution in [2.75, 3.05) is 11.9 Å². The highest BCUT2D eigenvalue weighted by molar-refractivity contribution is 6.30. The molecule has 0 aliphatic rings. The first kappa shape index (κ1) is 18.8. The van der Waals surface area contributed by atoms with E-state index in [1.807, 2.05) is 20.8 Å². The van der Waals surface area contributed by atoms with Crippen molar-refractivity contribution in [3.8, 4) is 5.75 Å². The largest absolute Gasteiger partial charge is 0.483 e. The van der Waals surface area contributed by atoms with Crippen molar-refractivity contribution in [2.24, 2.45) is 0 Å². The maximum atomic E-state index is 12.0. The average Bonchev–Trinajstić information content (AvgIpc) is 2.54. The molecule has 2 aromatic carbocycles. The van der Waals surface area contributed by atoms with Crippen LogP contribution in [0.2, 0.25) is 5.02 Å². The lowest BCUT2D eigenvalue weighted by atomic mass is 10.2. The highest BCUT2D eigenvalue weighted by Gasteiger charge is 2.09. The van der Waals surface area contributed by atoms with Gasteiger partial charge in [-0.25, -0.2) is 0 Å². The van der Waals surface area contributed by atoms with E-state index >= 15 is 0 Å². The Morgan fingerprint density at radius 3 is 2.40 bits per heavy atom. The Hall–Kier alpha value is -2.53. The maximum absolute atomic E-state index is 12.0. The van der Waals surface area contributed by atoms with Gasteiger partial charge in [0.2, 0.25) is 0 Å². The first-order chi connectivity index (χ1) is 11.8. The number of aryl methyl sites for hydroxylation is 1. The molecule has 0 spiro atoms. The number of ether oxygens (including phenoxy) is 1. The SMILES string of the molecule is Cc1cc(Cl)ccc1OCC(=O)Nc1ccc(C(=O)NC(C)C)cc1. The molecule has 0 saturated heterocycles. The number of benzene rings is 2.